The van der Waals surface area contributed by atoms with Gasteiger partial charge in [-0.15, -0.1) is 0 Å². The number of amides is 1. The van der Waals surface area contributed by atoms with Crippen LogP contribution >= 0.6 is 0 Å². The van der Waals surface area contributed by atoms with Gasteiger partial charge in [0.1, 0.15) is 6.54 Å². The fraction of sp³-hybridized carbons (Fsp3) is 0.167. The standard InChI is InChI=1S/C18H18N2O/c1-13-7-8-15-9-10-20(17(15)11-13)12-18(21)19-16-6-4-3-5-14(16)2/h3-11H,12H2,1-2H3,(H,19,21). The van der Waals surface area contributed by atoms with Crippen LogP contribution in [0.1, 0.15) is 11.1 Å². The normalized spacial score (nSPS) is 10.8. The molecule has 0 unspecified atom stereocenters. The van der Waals surface area contributed by atoms with Crippen molar-refractivity contribution in [3.63, 3.8) is 0 Å². The molecule has 3 nitrogen and oxygen atoms in total. The maximum atomic E-state index is 12.2. The third kappa shape index (κ3) is 2.82. The number of nitrogens with zero attached hydrogens (tertiary/aromatic N) is 1. The maximum Gasteiger partial charge on any atom is 0.244 e. The van der Waals surface area contributed by atoms with E-state index in [0.717, 1.165) is 22.2 Å². The van der Waals surface area contributed by atoms with Crippen LogP contribution in [-0.4, -0.2) is 10.5 Å². The van der Waals surface area contributed by atoms with Crippen molar-refractivity contribution < 1.29 is 4.79 Å². The fourth-order valence-electron chi connectivity index (χ4n) is 2.49. The Morgan fingerprint density at radius 1 is 1.10 bits per heavy atom. The molecular weight excluding hydrogens is 260 g/mol. The van der Waals surface area contributed by atoms with Gasteiger partial charge in [0.05, 0.1) is 0 Å². The Kier molecular flexibility index (Phi) is 3.48. The number of aromatic nitrogens is 1. The lowest BCUT2D eigenvalue weighted by molar-refractivity contribution is -0.116. The highest BCUT2D eigenvalue weighted by Gasteiger charge is 2.07. The van der Waals surface area contributed by atoms with Crippen molar-refractivity contribution >= 4 is 22.5 Å². The molecule has 3 heteroatoms. The summed E-state index contributed by atoms with van der Waals surface area (Å²) in [7, 11) is 0. The molecule has 0 bridgehead atoms. The van der Waals surface area contributed by atoms with E-state index in [4.69, 9.17) is 0 Å². The van der Waals surface area contributed by atoms with Crippen molar-refractivity contribution in [1.82, 2.24) is 4.57 Å². The van der Waals surface area contributed by atoms with Crippen LogP contribution in [-0.2, 0) is 11.3 Å². The summed E-state index contributed by atoms with van der Waals surface area (Å²) in [6.45, 7) is 4.37. The first-order chi connectivity index (χ1) is 10.1. The van der Waals surface area contributed by atoms with E-state index in [1.165, 1.54) is 5.56 Å². The van der Waals surface area contributed by atoms with Crippen LogP contribution in [0.15, 0.2) is 54.7 Å². The Morgan fingerprint density at radius 3 is 2.71 bits per heavy atom. The Labute approximate surface area is 124 Å². The summed E-state index contributed by atoms with van der Waals surface area (Å²) in [5, 5.41) is 4.12. The van der Waals surface area contributed by atoms with Crippen LogP contribution in [0, 0.1) is 13.8 Å². The average molecular weight is 278 g/mol. The van der Waals surface area contributed by atoms with E-state index in [9.17, 15) is 4.79 Å². The molecular formula is C18H18N2O. The number of fused-ring (bicyclic) bond motifs is 1. The van der Waals surface area contributed by atoms with E-state index in [2.05, 4.69) is 30.4 Å². The van der Waals surface area contributed by atoms with Crippen molar-refractivity contribution in [2.45, 2.75) is 20.4 Å². The lowest BCUT2D eigenvalue weighted by Crippen LogP contribution is -2.18. The number of aryl methyl sites for hydroxylation is 2. The summed E-state index contributed by atoms with van der Waals surface area (Å²) in [6, 6.07) is 16.1. The quantitative estimate of drug-likeness (QED) is 0.774. The molecule has 2 aromatic carbocycles. The SMILES string of the molecule is Cc1ccc2ccn(CC(=O)Nc3ccccc3C)c2c1. The highest BCUT2D eigenvalue weighted by molar-refractivity contribution is 5.92. The smallest absolute Gasteiger partial charge is 0.244 e. The molecule has 1 amide bonds. The molecule has 3 aromatic rings. The van der Waals surface area contributed by atoms with Gasteiger partial charge in [0, 0.05) is 17.4 Å². The van der Waals surface area contributed by atoms with Crippen molar-refractivity contribution in [3.8, 4) is 0 Å². The zero-order valence-corrected chi connectivity index (χ0v) is 12.3. The zero-order valence-electron chi connectivity index (χ0n) is 12.3. The van der Waals surface area contributed by atoms with Crippen LogP contribution in [0.2, 0.25) is 0 Å². The highest BCUT2D eigenvalue weighted by atomic mass is 16.1. The molecule has 0 atom stereocenters. The van der Waals surface area contributed by atoms with Crippen LogP contribution in [0.3, 0.4) is 0 Å². The van der Waals surface area contributed by atoms with Gasteiger partial charge in [-0.05, 0) is 48.6 Å². The minimum atomic E-state index is -0.0108. The number of rotatable bonds is 3. The van der Waals surface area contributed by atoms with E-state index < -0.39 is 0 Å². The van der Waals surface area contributed by atoms with Crippen molar-refractivity contribution in [2.24, 2.45) is 0 Å². The van der Waals surface area contributed by atoms with Gasteiger partial charge in [-0.25, -0.2) is 0 Å². The molecule has 0 saturated carbocycles. The van der Waals surface area contributed by atoms with Crippen molar-refractivity contribution in [1.29, 1.82) is 0 Å². The number of carbonyl (C=O) groups is 1. The van der Waals surface area contributed by atoms with Gasteiger partial charge in [-0.1, -0.05) is 30.3 Å². The van der Waals surface area contributed by atoms with Crippen LogP contribution < -0.4 is 5.32 Å². The van der Waals surface area contributed by atoms with Gasteiger partial charge in [-0.3, -0.25) is 4.79 Å². The minimum absolute atomic E-state index is 0.0108. The number of benzene rings is 2. The third-order valence-corrected chi connectivity index (χ3v) is 3.66. The van der Waals surface area contributed by atoms with Gasteiger partial charge < -0.3 is 9.88 Å². The molecule has 0 aliphatic rings. The largest absolute Gasteiger partial charge is 0.338 e. The summed E-state index contributed by atoms with van der Waals surface area (Å²) >= 11 is 0. The predicted molar refractivity (Wildman–Crippen MR) is 86.5 cm³/mol. The predicted octanol–water partition coefficient (Wildman–Crippen LogP) is 3.90. The molecule has 1 N–H and O–H groups in total. The molecule has 21 heavy (non-hydrogen) atoms. The fourth-order valence-corrected chi connectivity index (χ4v) is 2.49. The topological polar surface area (TPSA) is 34.0 Å². The summed E-state index contributed by atoms with van der Waals surface area (Å²) in [6.07, 6.45) is 1.96. The van der Waals surface area contributed by atoms with E-state index >= 15 is 0 Å². The van der Waals surface area contributed by atoms with Crippen LogP contribution in [0.4, 0.5) is 5.69 Å². The monoisotopic (exact) mass is 278 g/mol. The summed E-state index contributed by atoms with van der Waals surface area (Å²) < 4.78 is 1.98. The molecule has 0 aliphatic carbocycles. The van der Waals surface area contributed by atoms with Crippen molar-refractivity contribution in [2.75, 3.05) is 5.32 Å². The zero-order chi connectivity index (χ0) is 14.8. The molecule has 0 spiro atoms. The first-order valence-corrected chi connectivity index (χ1v) is 7.04. The number of nitrogens with one attached hydrogen (secondary N) is 1. The lowest BCUT2D eigenvalue weighted by atomic mass is 10.2. The Hall–Kier alpha value is -2.55. The van der Waals surface area contributed by atoms with Crippen LogP contribution in [0.5, 0.6) is 0 Å². The first kappa shape index (κ1) is 13.4. The van der Waals surface area contributed by atoms with Crippen LogP contribution in [0.25, 0.3) is 10.9 Å². The molecule has 0 radical (unpaired) electrons. The van der Waals surface area contributed by atoms with Gasteiger partial charge in [-0.2, -0.15) is 0 Å². The minimum Gasteiger partial charge on any atom is -0.338 e. The van der Waals surface area contributed by atoms with E-state index in [1.54, 1.807) is 0 Å². The molecule has 1 aromatic heterocycles. The Bertz CT molecular complexity index is 802. The average Bonchev–Trinajstić information content (AvgIpc) is 2.84. The molecule has 1 heterocycles. The second kappa shape index (κ2) is 5.44. The van der Waals surface area contributed by atoms with Gasteiger partial charge in [0.2, 0.25) is 5.91 Å². The van der Waals surface area contributed by atoms with Gasteiger partial charge in [0.15, 0.2) is 0 Å². The first-order valence-electron chi connectivity index (χ1n) is 7.04. The Balaban J connectivity index is 1.80. The Morgan fingerprint density at radius 2 is 1.90 bits per heavy atom. The van der Waals surface area contributed by atoms with E-state index in [1.807, 2.05) is 48.0 Å². The summed E-state index contributed by atoms with van der Waals surface area (Å²) in [5.41, 5.74) is 4.23. The maximum absolute atomic E-state index is 12.2. The number of anilines is 1. The van der Waals surface area contributed by atoms with Gasteiger partial charge in [0.25, 0.3) is 0 Å². The van der Waals surface area contributed by atoms with Gasteiger partial charge >= 0.3 is 0 Å². The molecule has 0 aliphatic heterocycles. The number of hydrogen-bond acceptors (Lipinski definition) is 1. The third-order valence-electron chi connectivity index (χ3n) is 3.66. The molecule has 106 valence electrons. The number of carbonyl (C=O) groups excluding carboxylic acids is 1. The van der Waals surface area contributed by atoms with E-state index in [0.29, 0.717) is 6.54 Å². The lowest BCUT2D eigenvalue weighted by Gasteiger charge is -2.09. The summed E-state index contributed by atoms with van der Waals surface area (Å²) in [5.74, 6) is -0.0108. The molecule has 3 rings (SSSR count). The summed E-state index contributed by atoms with van der Waals surface area (Å²) in [4.78, 5) is 12.2. The number of hydrogen-bond donors (Lipinski definition) is 1. The number of para-hydroxylation sites is 1. The molecule has 0 fully saturated rings. The highest BCUT2D eigenvalue weighted by Crippen LogP contribution is 2.18. The second-order valence-corrected chi connectivity index (χ2v) is 5.37. The van der Waals surface area contributed by atoms with Crippen molar-refractivity contribution in [3.05, 3.63) is 65.9 Å². The molecule has 0 saturated heterocycles. The second-order valence-electron chi connectivity index (χ2n) is 5.37. The van der Waals surface area contributed by atoms with E-state index in [-0.39, 0.29) is 5.91 Å².